The number of hydrogen-bond acceptors (Lipinski definition) is 4. The lowest BCUT2D eigenvalue weighted by Crippen LogP contribution is -2.42. The summed E-state index contributed by atoms with van der Waals surface area (Å²) in [5.74, 6) is 0.985. The lowest BCUT2D eigenvalue weighted by Gasteiger charge is -2.12. The minimum atomic E-state index is -0.435. The molecule has 0 saturated carbocycles. The normalized spacial score (nSPS) is 10.3. The standard InChI is InChI=1S/C21H20N2O4/c1-14-12-19(15(2)27-14)21(25)23-22-20(24)18-11-7-6-8-16(18)13-26-17-9-4-3-5-10-17/h3-12H,13H2,1-2H3,(H,22,24)(H,23,25). The van der Waals surface area contributed by atoms with Crippen molar-refractivity contribution in [2.24, 2.45) is 0 Å². The van der Waals surface area contributed by atoms with Gasteiger partial charge in [0.25, 0.3) is 11.8 Å². The van der Waals surface area contributed by atoms with Gasteiger partial charge in [-0.3, -0.25) is 20.4 Å². The van der Waals surface area contributed by atoms with Crippen LogP contribution in [0.5, 0.6) is 5.75 Å². The third-order valence-electron chi connectivity index (χ3n) is 3.97. The van der Waals surface area contributed by atoms with Crippen LogP contribution in [-0.2, 0) is 6.61 Å². The van der Waals surface area contributed by atoms with Crippen molar-refractivity contribution in [3.8, 4) is 5.75 Å². The van der Waals surface area contributed by atoms with Gasteiger partial charge in [-0.05, 0) is 38.1 Å². The summed E-state index contributed by atoms with van der Waals surface area (Å²) in [6, 6.07) is 18.0. The molecule has 0 radical (unpaired) electrons. The highest BCUT2D eigenvalue weighted by Gasteiger charge is 2.16. The van der Waals surface area contributed by atoms with Crippen LogP contribution in [0.1, 0.15) is 37.8 Å². The fraction of sp³-hybridized carbons (Fsp3) is 0.143. The third-order valence-corrected chi connectivity index (χ3v) is 3.97. The zero-order valence-electron chi connectivity index (χ0n) is 15.1. The lowest BCUT2D eigenvalue weighted by atomic mass is 10.1. The minimum absolute atomic E-state index is 0.238. The number of hydrogen-bond donors (Lipinski definition) is 2. The zero-order valence-corrected chi connectivity index (χ0v) is 15.1. The molecule has 3 aromatic rings. The van der Waals surface area contributed by atoms with E-state index in [4.69, 9.17) is 9.15 Å². The van der Waals surface area contributed by atoms with Gasteiger partial charge >= 0.3 is 0 Å². The SMILES string of the molecule is Cc1cc(C(=O)NNC(=O)c2ccccc2COc2ccccc2)c(C)o1. The quantitative estimate of drug-likeness (QED) is 0.679. The van der Waals surface area contributed by atoms with Crippen LogP contribution in [0.2, 0.25) is 0 Å². The van der Waals surface area contributed by atoms with Crippen molar-refractivity contribution < 1.29 is 18.7 Å². The summed E-state index contributed by atoms with van der Waals surface area (Å²) in [4.78, 5) is 24.7. The summed E-state index contributed by atoms with van der Waals surface area (Å²) in [5.41, 5.74) is 6.37. The average molecular weight is 364 g/mol. The molecule has 0 fully saturated rings. The van der Waals surface area contributed by atoms with Crippen LogP contribution in [-0.4, -0.2) is 11.8 Å². The van der Waals surface area contributed by atoms with E-state index < -0.39 is 11.8 Å². The van der Waals surface area contributed by atoms with E-state index in [9.17, 15) is 9.59 Å². The van der Waals surface area contributed by atoms with E-state index in [1.54, 1.807) is 32.0 Å². The predicted molar refractivity (Wildman–Crippen MR) is 100 cm³/mol. The average Bonchev–Trinajstić information content (AvgIpc) is 3.03. The number of amides is 2. The molecule has 2 aromatic carbocycles. The Kier molecular flexibility index (Phi) is 5.56. The van der Waals surface area contributed by atoms with Crippen LogP contribution < -0.4 is 15.6 Å². The van der Waals surface area contributed by atoms with Gasteiger partial charge < -0.3 is 9.15 Å². The van der Waals surface area contributed by atoms with Gasteiger partial charge in [-0.25, -0.2) is 0 Å². The molecule has 2 N–H and O–H groups in total. The van der Waals surface area contributed by atoms with Crippen molar-refractivity contribution in [2.75, 3.05) is 0 Å². The fourth-order valence-electron chi connectivity index (χ4n) is 2.65. The van der Waals surface area contributed by atoms with E-state index >= 15 is 0 Å². The van der Waals surface area contributed by atoms with Crippen LogP contribution in [0.3, 0.4) is 0 Å². The molecule has 2 amide bonds. The molecular weight excluding hydrogens is 344 g/mol. The molecule has 27 heavy (non-hydrogen) atoms. The molecular formula is C21H20N2O4. The highest BCUT2D eigenvalue weighted by Crippen LogP contribution is 2.15. The Morgan fingerprint density at radius 1 is 0.889 bits per heavy atom. The first-order chi connectivity index (χ1) is 13.0. The van der Waals surface area contributed by atoms with Crippen LogP contribution in [0, 0.1) is 13.8 Å². The van der Waals surface area contributed by atoms with Crippen LogP contribution in [0.15, 0.2) is 65.1 Å². The topological polar surface area (TPSA) is 80.6 Å². The van der Waals surface area contributed by atoms with Gasteiger partial charge in [0.2, 0.25) is 0 Å². The van der Waals surface area contributed by atoms with E-state index in [-0.39, 0.29) is 6.61 Å². The van der Waals surface area contributed by atoms with Crippen molar-refractivity contribution in [2.45, 2.75) is 20.5 Å². The summed E-state index contributed by atoms with van der Waals surface area (Å²) in [6.45, 7) is 3.69. The minimum Gasteiger partial charge on any atom is -0.489 e. The molecule has 0 atom stereocenters. The molecule has 138 valence electrons. The molecule has 0 aliphatic carbocycles. The molecule has 0 bridgehead atoms. The molecule has 0 saturated heterocycles. The zero-order chi connectivity index (χ0) is 19.2. The molecule has 6 heteroatoms. The Hall–Kier alpha value is -3.54. The number of benzene rings is 2. The molecule has 0 aliphatic heterocycles. The van der Waals surface area contributed by atoms with E-state index in [1.165, 1.54) is 0 Å². The van der Waals surface area contributed by atoms with Gasteiger partial charge in [0.1, 0.15) is 23.9 Å². The van der Waals surface area contributed by atoms with Crippen LogP contribution in [0.4, 0.5) is 0 Å². The summed E-state index contributed by atoms with van der Waals surface area (Å²) in [5, 5.41) is 0. The number of carbonyl (C=O) groups is 2. The van der Waals surface area contributed by atoms with Crippen LogP contribution in [0.25, 0.3) is 0 Å². The fourth-order valence-corrected chi connectivity index (χ4v) is 2.65. The Bertz CT molecular complexity index is 948. The van der Waals surface area contributed by atoms with Crippen molar-refractivity contribution in [3.05, 3.63) is 88.9 Å². The highest BCUT2D eigenvalue weighted by molar-refractivity contribution is 6.00. The molecule has 1 aromatic heterocycles. The summed E-state index contributed by atoms with van der Waals surface area (Å²) in [7, 11) is 0. The summed E-state index contributed by atoms with van der Waals surface area (Å²) in [6.07, 6.45) is 0. The lowest BCUT2D eigenvalue weighted by molar-refractivity contribution is 0.0844. The van der Waals surface area contributed by atoms with Gasteiger partial charge in [0.05, 0.1) is 5.56 Å². The van der Waals surface area contributed by atoms with E-state index in [2.05, 4.69) is 10.9 Å². The number of rotatable bonds is 5. The molecule has 6 nitrogen and oxygen atoms in total. The number of hydrazine groups is 1. The summed E-state index contributed by atoms with van der Waals surface area (Å²) < 4.78 is 11.0. The number of ether oxygens (including phenoxy) is 1. The van der Waals surface area contributed by atoms with Gasteiger partial charge in [0.15, 0.2) is 0 Å². The Morgan fingerprint density at radius 2 is 1.52 bits per heavy atom. The second-order valence-electron chi connectivity index (χ2n) is 5.99. The number of furan rings is 1. The summed E-state index contributed by atoms with van der Waals surface area (Å²) >= 11 is 0. The molecule has 0 unspecified atom stereocenters. The molecule has 1 heterocycles. The monoisotopic (exact) mass is 364 g/mol. The maximum atomic E-state index is 12.5. The van der Waals surface area contributed by atoms with E-state index in [1.807, 2.05) is 42.5 Å². The number of aryl methyl sites for hydroxylation is 2. The van der Waals surface area contributed by atoms with E-state index in [0.29, 0.717) is 34.0 Å². The first kappa shape index (κ1) is 18.3. The molecule has 3 rings (SSSR count). The number of nitrogens with one attached hydrogen (secondary N) is 2. The van der Waals surface area contributed by atoms with Crippen molar-refractivity contribution >= 4 is 11.8 Å². The number of para-hydroxylation sites is 1. The van der Waals surface area contributed by atoms with Crippen molar-refractivity contribution in [3.63, 3.8) is 0 Å². The second kappa shape index (κ2) is 8.23. The maximum absolute atomic E-state index is 12.5. The van der Waals surface area contributed by atoms with Gasteiger partial charge in [0, 0.05) is 11.1 Å². The molecule has 0 aliphatic rings. The predicted octanol–water partition coefficient (Wildman–Crippen LogP) is 3.55. The van der Waals surface area contributed by atoms with Gasteiger partial charge in [-0.2, -0.15) is 0 Å². The Labute approximate surface area is 157 Å². The first-order valence-electron chi connectivity index (χ1n) is 8.48. The third kappa shape index (κ3) is 4.55. The molecule has 0 spiro atoms. The van der Waals surface area contributed by atoms with E-state index in [0.717, 1.165) is 0 Å². The second-order valence-corrected chi connectivity index (χ2v) is 5.99. The van der Waals surface area contributed by atoms with Gasteiger partial charge in [-0.15, -0.1) is 0 Å². The first-order valence-corrected chi connectivity index (χ1v) is 8.48. The number of carbonyl (C=O) groups excluding carboxylic acids is 2. The van der Waals surface area contributed by atoms with Gasteiger partial charge in [-0.1, -0.05) is 36.4 Å². The largest absolute Gasteiger partial charge is 0.489 e. The highest BCUT2D eigenvalue weighted by atomic mass is 16.5. The maximum Gasteiger partial charge on any atom is 0.273 e. The van der Waals surface area contributed by atoms with Crippen molar-refractivity contribution in [1.29, 1.82) is 0 Å². The Morgan fingerprint density at radius 3 is 2.19 bits per heavy atom. The smallest absolute Gasteiger partial charge is 0.273 e. The Balaban J connectivity index is 1.64. The van der Waals surface area contributed by atoms with Crippen LogP contribution >= 0.6 is 0 Å². The van der Waals surface area contributed by atoms with Crippen molar-refractivity contribution in [1.82, 2.24) is 10.9 Å².